The number of ether oxygens (including phenoxy) is 2. The summed E-state index contributed by atoms with van der Waals surface area (Å²) in [6.07, 6.45) is 0. The lowest BCUT2D eigenvalue weighted by Gasteiger charge is -2.19. The van der Waals surface area contributed by atoms with E-state index >= 15 is 0 Å². The Kier molecular flexibility index (Phi) is 6.06. The molecule has 1 heterocycles. The molecule has 0 saturated heterocycles. The van der Waals surface area contributed by atoms with Gasteiger partial charge in [0.25, 0.3) is 0 Å². The Morgan fingerprint density at radius 2 is 1.80 bits per heavy atom. The number of aryl methyl sites for hydroxylation is 1. The average molecular weight is 358 g/mol. The van der Waals surface area contributed by atoms with Crippen molar-refractivity contribution in [1.29, 1.82) is 0 Å². The topological polar surface area (TPSA) is 59.6 Å². The van der Waals surface area contributed by atoms with Crippen molar-refractivity contribution in [2.24, 2.45) is 0 Å². The SMILES string of the molecule is Cc1ccc(SCCNC(=O)NCc2ccc3c(c2)OCCO3)cc1. The lowest BCUT2D eigenvalue weighted by molar-refractivity contribution is 0.171. The molecule has 2 N–H and O–H groups in total. The maximum absolute atomic E-state index is 11.9. The number of nitrogens with one attached hydrogen (secondary N) is 2. The van der Waals surface area contributed by atoms with Crippen LogP contribution in [0.5, 0.6) is 11.5 Å². The maximum Gasteiger partial charge on any atom is 0.315 e. The fourth-order valence-corrected chi connectivity index (χ4v) is 3.18. The van der Waals surface area contributed by atoms with Crippen LogP contribution in [-0.2, 0) is 6.54 Å². The molecule has 0 bridgehead atoms. The highest BCUT2D eigenvalue weighted by atomic mass is 32.2. The first-order chi connectivity index (χ1) is 12.2. The summed E-state index contributed by atoms with van der Waals surface area (Å²) in [5.74, 6) is 2.33. The number of carbonyl (C=O) groups excluding carboxylic acids is 1. The van der Waals surface area contributed by atoms with Gasteiger partial charge in [-0.3, -0.25) is 0 Å². The number of rotatable bonds is 6. The number of thioether (sulfide) groups is 1. The second-order valence-electron chi connectivity index (χ2n) is 5.75. The van der Waals surface area contributed by atoms with Crippen LogP contribution in [0.3, 0.4) is 0 Å². The molecule has 5 nitrogen and oxygen atoms in total. The van der Waals surface area contributed by atoms with Gasteiger partial charge in [0.2, 0.25) is 0 Å². The van der Waals surface area contributed by atoms with Crippen molar-refractivity contribution in [2.75, 3.05) is 25.5 Å². The average Bonchev–Trinajstić information content (AvgIpc) is 2.65. The standard InChI is InChI=1S/C19H22N2O3S/c1-14-2-5-16(6-3-14)25-11-8-20-19(22)21-13-15-4-7-17-18(12-15)24-10-9-23-17/h2-7,12H,8-11,13H2,1H3,(H2,20,21,22). The third kappa shape index (κ3) is 5.32. The molecule has 0 aliphatic carbocycles. The van der Waals surface area contributed by atoms with Crippen molar-refractivity contribution in [1.82, 2.24) is 10.6 Å². The van der Waals surface area contributed by atoms with Crippen molar-refractivity contribution in [3.8, 4) is 11.5 Å². The fraction of sp³-hybridized carbons (Fsp3) is 0.316. The smallest absolute Gasteiger partial charge is 0.315 e. The van der Waals surface area contributed by atoms with E-state index < -0.39 is 0 Å². The van der Waals surface area contributed by atoms with Gasteiger partial charge in [0.05, 0.1) is 0 Å². The van der Waals surface area contributed by atoms with Crippen LogP contribution in [0.25, 0.3) is 0 Å². The summed E-state index contributed by atoms with van der Waals surface area (Å²) in [5.41, 5.74) is 2.23. The van der Waals surface area contributed by atoms with Gasteiger partial charge >= 0.3 is 6.03 Å². The lowest BCUT2D eigenvalue weighted by atomic mass is 10.2. The van der Waals surface area contributed by atoms with Crippen LogP contribution in [0.15, 0.2) is 47.4 Å². The minimum Gasteiger partial charge on any atom is -0.486 e. The quantitative estimate of drug-likeness (QED) is 0.614. The Bertz CT molecular complexity index is 719. The predicted molar refractivity (Wildman–Crippen MR) is 99.6 cm³/mol. The van der Waals surface area contributed by atoms with E-state index in [1.807, 2.05) is 18.2 Å². The molecule has 25 heavy (non-hydrogen) atoms. The molecule has 6 heteroatoms. The first-order valence-corrected chi connectivity index (χ1v) is 9.29. The molecule has 0 atom stereocenters. The Balaban J connectivity index is 1.36. The first kappa shape index (κ1) is 17.5. The van der Waals surface area contributed by atoms with Crippen LogP contribution >= 0.6 is 11.8 Å². The molecule has 0 saturated carbocycles. The zero-order valence-electron chi connectivity index (χ0n) is 14.2. The van der Waals surface area contributed by atoms with Crippen LogP contribution in [0.2, 0.25) is 0 Å². The number of urea groups is 1. The monoisotopic (exact) mass is 358 g/mol. The summed E-state index contributed by atoms with van der Waals surface area (Å²) in [6.45, 7) is 4.28. The van der Waals surface area contributed by atoms with E-state index in [4.69, 9.17) is 9.47 Å². The number of amides is 2. The van der Waals surface area contributed by atoms with E-state index in [2.05, 4.69) is 41.8 Å². The van der Waals surface area contributed by atoms with E-state index in [1.165, 1.54) is 10.5 Å². The minimum atomic E-state index is -0.167. The number of benzene rings is 2. The molecule has 0 fully saturated rings. The summed E-state index contributed by atoms with van der Waals surface area (Å²) in [7, 11) is 0. The predicted octanol–water partition coefficient (Wildman–Crippen LogP) is 3.36. The highest BCUT2D eigenvalue weighted by molar-refractivity contribution is 7.99. The molecule has 132 valence electrons. The minimum absolute atomic E-state index is 0.167. The largest absolute Gasteiger partial charge is 0.486 e. The third-order valence-electron chi connectivity index (χ3n) is 3.74. The zero-order valence-corrected chi connectivity index (χ0v) is 15.0. The molecule has 0 aromatic heterocycles. The summed E-state index contributed by atoms with van der Waals surface area (Å²) in [6, 6.07) is 13.9. The van der Waals surface area contributed by atoms with E-state index in [9.17, 15) is 4.79 Å². The Morgan fingerprint density at radius 3 is 2.60 bits per heavy atom. The molecule has 0 unspecified atom stereocenters. The van der Waals surface area contributed by atoms with Gasteiger partial charge in [0.15, 0.2) is 11.5 Å². The van der Waals surface area contributed by atoms with E-state index in [-0.39, 0.29) is 6.03 Å². The Morgan fingerprint density at radius 1 is 1.04 bits per heavy atom. The van der Waals surface area contributed by atoms with Crippen molar-refractivity contribution < 1.29 is 14.3 Å². The fourth-order valence-electron chi connectivity index (χ4n) is 2.41. The second-order valence-corrected chi connectivity index (χ2v) is 6.92. The summed E-state index contributed by atoms with van der Waals surface area (Å²) < 4.78 is 11.0. The molecule has 0 spiro atoms. The van der Waals surface area contributed by atoms with E-state index in [0.717, 1.165) is 22.8 Å². The van der Waals surface area contributed by atoms with Crippen molar-refractivity contribution in [3.05, 3.63) is 53.6 Å². The van der Waals surface area contributed by atoms with Gasteiger partial charge in [0.1, 0.15) is 13.2 Å². The van der Waals surface area contributed by atoms with E-state index in [1.54, 1.807) is 11.8 Å². The van der Waals surface area contributed by atoms with Gasteiger partial charge in [-0.2, -0.15) is 0 Å². The number of hydrogen-bond donors (Lipinski definition) is 2. The summed E-state index contributed by atoms with van der Waals surface area (Å²) in [4.78, 5) is 13.1. The molecule has 1 aliphatic rings. The third-order valence-corrected chi connectivity index (χ3v) is 4.75. The van der Waals surface area contributed by atoms with Gasteiger partial charge < -0.3 is 20.1 Å². The van der Waals surface area contributed by atoms with Crippen LogP contribution in [0.4, 0.5) is 4.79 Å². The maximum atomic E-state index is 11.9. The van der Waals surface area contributed by atoms with Crippen LogP contribution in [0.1, 0.15) is 11.1 Å². The molecule has 1 aliphatic heterocycles. The van der Waals surface area contributed by atoms with Crippen LogP contribution in [-0.4, -0.2) is 31.5 Å². The lowest BCUT2D eigenvalue weighted by Crippen LogP contribution is -2.36. The first-order valence-electron chi connectivity index (χ1n) is 8.30. The summed E-state index contributed by atoms with van der Waals surface area (Å²) >= 11 is 1.73. The normalized spacial score (nSPS) is 12.5. The number of fused-ring (bicyclic) bond motifs is 1. The molecular weight excluding hydrogens is 336 g/mol. The van der Waals surface area contributed by atoms with Crippen LogP contribution in [0, 0.1) is 6.92 Å². The van der Waals surface area contributed by atoms with Crippen LogP contribution < -0.4 is 20.1 Å². The zero-order chi connectivity index (χ0) is 17.5. The molecule has 0 radical (unpaired) electrons. The molecule has 2 amide bonds. The Labute approximate surface area is 152 Å². The van der Waals surface area contributed by atoms with Crippen molar-refractivity contribution in [2.45, 2.75) is 18.4 Å². The highest BCUT2D eigenvalue weighted by Gasteiger charge is 2.11. The highest BCUT2D eigenvalue weighted by Crippen LogP contribution is 2.30. The van der Waals surface area contributed by atoms with Gasteiger partial charge in [-0.1, -0.05) is 23.8 Å². The summed E-state index contributed by atoms with van der Waals surface area (Å²) in [5, 5.41) is 5.73. The molecule has 2 aromatic carbocycles. The molecule has 2 aromatic rings. The van der Waals surface area contributed by atoms with Crippen molar-refractivity contribution in [3.63, 3.8) is 0 Å². The second kappa shape index (κ2) is 8.67. The van der Waals surface area contributed by atoms with Gasteiger partial charge in [0, 0.05) is 23.7 Å². The van der Waals surface area contributed by atoms with Gasteiger partial charge in [-0.25, -0.2) is 4.79 Å². The van der Waals surface area contributed by atoms with Crippen molar-refractivity contribution >= 4 is 17.8 Å². The number of carbonyl (C=O) groups is 1. The van der Waals surface area contributed by atoms with E-state index in [0.29, 0.717) is 26.3 Å². The van der Waals surface area contributed by atoms with Gasteiger partial charge in [-0.05, 0) is 36.8 Å². The molecule has 3 rings (SSSR count). The Hall–Kier alpha value is -2.34. The molecular formula is C19H22N2O3S. The number of hydrogen-bond acceptors (Lipinski definition) is 4. The van der Waals surface area contributed by atoms with Gasteiger partial charge in [-0.15, -0.1) is 11.8 Å².